The molecule has 0 aromatic rings. The van der Waals surface area contributed by atoms with Crippen molar-refractivity contribution in [3.05, 3.63) is 70.9 Å². The van der Waals surface area contributed by atoms with Crippen LogP contribution in [0.5, 0.6) is 0 Å². The molecule has 0 aromatic heterocycles. The number of fused-ring (bicyclic) bond motifs is 1. The molecule has 0 radical (unpaired) electrons. The Morgan fingerprint density at radius 2 is 2.04 bits per heavy atom. The third-order valence-corrected chi connectivity index (χ3v) is 4.76. The lowest BCUT2D eigenvalue weighted by molar-refractivity contribution is 0.162. The van der Waals surface area contributed by atoms with Crippen LogP contribution in [0.2, 0.25) is 0 Å². The van der Waals surface area contributed by atoms with E-state index in [-0.39, 0.29) is 0 Å². The van der Waals surface area contributed by atoms with Crippen molar-refractivity contribution >= 4 is 0 Å². The first-order chi connectivity index (χ1) is 11.2. The summed E-state index contributed by atoms with van der Waals surface area (Å²) >= 11 is 0. The Morgan fingerprint density at radius 1 is 1.22 bits per heavy atom. The van der Waals surface area contributed by atoms with E-state index >= 15 is 0 Å². The number of hydrogen-bond acceptors (Lipinski definition) is 1. The average Bonchev–Trinajstić information content (AvgIpc) is 2.86. The Morgan fingerprint density at radius 3 is 2.70 bits per heavy atom. The largest absolute Gasteiger partial charge is 0.384 e. The number of rotatable bonds is 5. The summed E-state index contributed by atoms with van der Waals surface area (Å²) in [5.41, 5.74) is 5.83. The van der Waals surface area contributed by atoms with Gasteiger partial charge in [0.15, 0.2) is 0 Å². The lowest BCUT2D eigenvalue weighted by atomic mass is 9.81. The second-order valence-electron chi connectivity index (χ2n) is 6.24. The minimum atomic E-state index is 0.362. The topological polar surface area (TPSA) is 9.23 Å². The third kappa shape index (κ3) is 4.23. The first-order valence-electron chi connectivity index (χ1n) is 8.85. The van der Waals surface area contributed by atoms with Crippen LogP contribution in [0.25, 0.3) is 0 Å². The summed E-state index contributed by atoms with van der Waals surface area (Å²) in [4.78, 5) is 0. The van der Waals surface area contributed by atoms with Gasteiger partial charge >= 0.3 is 0 Å². The number of ether oxygens (including phenoxy) is 1. The predicted molar refractivity (Wildman–Crippen MR) is 100 cm³/mol. The molecule has 2 aliphatic rings. The van der Waals surface area contributed by atoms with Gasteiger partial charge in [-0.05, 0) is 42.9 Å². The van der Waals surface area contributed by atoms with Crippen LogP contribution in [0.3, 0.4) is 0 Å². The Kier molecular flexibility index (Phi) is 6.85. The molecule has 0 aliphatic heterocycles. The number of allylic oxidation sites excluding steroid dienone is 11. The van der Waals surface area contributed by atoms with Crippen LogP contribution in [-0.2, 0) is 4.74 Å². The lowest BCUT2D eigenvalue weighted by Gasteiger charge is -2.25. The fourth-order valence-electron chi connectivity index (χ4n) is 3.51. The van der Waals surface area contributed by atoms with Crippen LogP contribution in [0.15, 0.2) is 70.9 Å². The van der Waals surface area contributed by atoms with E-state index in [9.17, 15) is 0 Å². The van der Waals surface area contributed by atoms with Crippen LogP contribution in [0.4, 0.5) is 0 Å². The van der Waals surface area contributed by atoms with Crippen molar-refractivity contribution in [2.45, 2.75) is 40.0 Å². The first-order valence-corrected chi connectivity index (χ1v) is 8.85. The van der Waals surface area contributed by atoms with E-state index in [2.05, 4.69) is 69.4 Å². The summed E-state index contributed by atoms with van der Waals surface area (Å²) in [7, 11) is 1.81. The maximum atomic E-state index is 5.53. The molecular formula is C22H30O. The molecule has 124 valence electrons. The summed E-state index contributed by atoms with van der Waals surface area (Å²) in [6, 6.07) is 0. The van der Waals surface area contributed by atoms with Gasteiger partial charge in [-0.2, -0.15) is 0 Å². The summed E-state index contributed by atoms with van der Waals surface area (Å²) in [6.07, 6.45) is 21.4. The fourth-order valence-corrected chi connectivity index (χ4v) is 3.51. The highest BCUT2D eigenvalue weighted by Crippen LogP contribution is 2.39. The fraction of sp³-hybridized carbons (Fsp3) is 0.455. The van der Waals surface area contributed by atoms with E-state index in [1.54, 1.807) is 5.57 Å². The van der Waals surface area contributed by atoms with E-state index in [4.69, 9.17) is 4.74 Å². The van der Waals surface area contributed by atoms with Crippen LogP contribution < -0.4 is 0 Å². The number of hydrogen-bond donors (Lipinski definition) is 0. The van der Waals surface area contributed by atoms with Gasteiger partial charge < -0.3 is 4.74 Å². The molecule has 1 nitrogen and oxygen atoms in total. The van der Waals surface area contributed by atoms with Gasteiger partial charge in [0.2, 0.25) is 0 Å². The molecule has 0 fully saturated rings. The molecule has 0 heterocycles. The van der Waals surface area contributed by atoms with Crippen molar-refractivity contribution in [1.29, 1.82) is 0 Å². The van der Waals surface area contributed by atoms with Crippen molar-refractivity contribution in [2.24, 2.45) is 11.8 Å². The van der Waals surface area contributed by atoms with Crippen molar-refractivity contribution in [2.75, 3.05) is 13.7 Å². The maximum Gasteiger partial charge on any atom is 0.0527 e. The van der Waals surface area contributed by atoms with Crippen molar-refractivity contribution in [3.8, 4) is 0 Å². The summed E-state index contributed by atoms with van der Waals surface area (Å²) in [6.45, 7) is 7.42. The Bertz CT molecular complexity index is 581. The molecule has 0 N–H and O–H groups in total. The zero-order valence-corrected chi connectivity index (χ0v) is 15.0. The predicted octanol–water partition coefficient (Wildman–Crippen LogP) is 5.94. The minimum absolute atomic E-state index is 0.362. The molecular weight excluding hydrogens is 280 g/mol. The van der Waals surface area contributed by atoms with Crippen LogP contribution in [-0.4, -0.2) is 13.7 Å². The van der Waals surface area contributed by atoms with Gasteiger partial charge in [-0.15, -0.1) is 0 Å². The highest BCUT2D eigenvalue weighted by Gasteiger charge is 2.25. The Balaban J connectivity index is 2.63. The van der Waals surface area contributed by atoms with Crippen molar-refractivity contribution in [3.63, 3.8) is 0 Å². The average molecular weight is 310 g/mol. The van der Waals surface area contributed by atoms with Crippen LogP contribution >= 0.6 is 0 Å². The van der Waals surface area contributed by atoms with E-state index in [1.165, 1.54) is 16.7 Å². The minimum Gasteiger partial charge on any atom is -0.384 e. The first kappa shape index (κ1) is 17.7. The van der Waals surface area contributed by atoms with E-state index in [0.717, 1.165) is 25.9 Å². The Labute approximate surface area is 141 Å². The summed E-state index contributed by atoms with van der Waals surface area (Å²) in [5.74, 6) is 0.841. The SMILES string of the molecule is C/C=C1/C=CC2C=CC=C/C(=C/CC)C2=C(C(CC)COC)C1. The highest BCUT2D eigenvalue weighted by atomic mass is 16.5. The quantitative estimate of drug-likeness (QED) is 0.610. The highest BCUT2D eigenvalue weighted by molar-refractivity contribution is 5.53. The second-order valence-corrected chi connectivity index (χ2v) is 6.24. The molecule has 23 heavy (non-hydrogen) atoms. The van der Waals surface area contributed by atoms with Gasteiger partial charge in [-0.25, -0.2) is 0 Å². The van der Waals surface area contributed by atoms with Crippen molar-refractivity contribution in [1.82, 2.24) is 0 Å². The summed E-state index contributed by atoms with van der Waals surface area (Å²) in [5, 5.41) is 0. The Hall–Kier alpha value is -1.60. The lowest BCUT2D eigenvalue weighted by Crippen LogP contribution is -2.15. The van der Waals surface area contributed by atoms with E-state index in [1.807, 2.05) is 7.11 Å². The zero-order chi connectivity index (χ0) is 16.7. The monoisotopic (exact) mass is 310 g/mol. The normalized spacial score (nSPS) is 25.7. The second kappa shape index (κ2) is 8.88. The molecule has 2 aliphatic carbocycles. The van der Waals surface area contributed by atoms with Crippen LogP contribution in [0.1, 0.15) is 40.0 Å². The maximum absolute atomic E-state index is 5.53. The molecule has 0 bridgehead atoms. The van der Waals surface area contributed by atoms with Gasteiger partial charge in [0.25, 0.3) is 0 Å². The van der Waals surface area contributed by atoms with Gasteiger partial charge in [-0.3, -0.25) is 0 Å². The molecule has 0 saturated heterocycles. The molecule has 0 amide bonds. The van der Waals surface area contributed by atoms with Crippen molar-refractivity contribution < 1.29 is 4.74 Å². The third-order valence-electron chi connectivity index (χ3n) is 4.76. The van der Waals surface area contributed by atoms with E-state index < -0.39 is 0 Å². The van der Waals surface area contributed by atoms with Gasteiger partial charge in [0.05, 0.1) is 6.61 Å². The molecule has 0 aromatic carbocycles. The zero-order valence-electron chi connectivity index (χ0n) is 15.0. The van der Waals surface area contributed by atoms with Crippen LogP contribution in [0, 0.1) is 11.8 Å². The van der Waals surface area contributed by atoms with Gasteiger partial charge in [0.1, 0.15) is 0 Å². The molecule has 2 rings (SSSR count). The van der Waals surface area contributed by atoms with E-state index in [0.29, 0.717) is 11.8 Å². The smallest absolute Gasteiger partial charge is 0.0527 e. The molecule has 1 heteroatoms. The van der Waals surface area contributed by atoms with Gasteiger partial charge in [0, 0.05) is 18.9 Å². The molecule has 2 unspecified atom stereocenters. The standard InChI is InChI=1S/C22H30O/c1-5-10-19-11-8-9-12-20-14-13-17(6-2)15-21(22(19)20)18(7-3)16-23-4/h6,8-14,18,20H,5,7,15-16H2,1-4H3/b17-6-,19-10-. The molecule has 0 saturated carbocycles. The van der Waals surface area contributed by atoms with Gasteiger partial charge in [-0.1, -0.05) is 68.0 Å². The summed E-state index contributed by atoms with van der Waals surface area (Å²) < 4.78 is 5.53. The molecule has 2 atom stereocenters. The molecule has 0 spiro atoms. The number of methoxy groups -OCH3 is 1.